The zero-order valence-corrected chi connectivity index (χ0v) is 13.8. The molecule has 3 heterocycles. The van der Waals surface area contributed by atoms with Crippen LogP contribution in [0.1, 0.15) is 5.69 Å². The number of aryl methyl sites for hydroxylation is 4. The van der Waals surface area contributed by atoms with Gasteiger partial charge in [0.25, 0.3) is 5.56 Å². The van der Waals surface area contributed by atoms with Crippen molar-refractivity contribution >= 4 is 22.9 Å². The summed E-state index contributed by atoms with van der Waals surface area (Å²) in [7, 11) is 4.86. The van der Waals surface area contributed by atoms with Gasteiger partial charge in [0.05, 0.1) is 12.0 Å². The minimum Gasteiger partial charge on any atom is -0.328 e. The third kappa shape index (κ3) is 2.41. The number of carbonyl (C=O) groups excluding carboxylic acids is 1. The summed E-state index contributed by atoms with van der Waals surface area (Å²) in [5, 5.41) is 6.76. The van der Waals surface area contributed by atoms with Gasteiger partial charge in [-0.1, -0.05) is 0 Å². The van der Waals surface area contributed by atoms with Gasteiger partial charge >= 0.3 is 5.69 Å². The zero-order valence-electron chi connectivity index (χ0n) is 13.8. The van der Waals surface area contributed by atoms with Gasteiger partial charge in [-0.2, -0.15) is 5.10 Å². The number of nitrogens with zero attached hydrogens (tertiary/aromatic N) is 6. The van der Waals surface area contributed by atoms with Gasteiger partial charge in [0.1, 0.15) is 12.4 Å². The van der Waals surface area contributed by atoms with E-state index in [1.54, 1.807) is 27.1 Å². The van der Waals surface area contributed by atoms with Crippen LogP contribution in [0.3, 0.4) is 0 Å². The monoisotopic (exact) mass is 331 g/mol. The molecule has 0 saturated heterocycles. The van der Waals surface area contributed by atoms with E-state index in [0.717, 1.165) is 10.3 Å². The maximum Gasteiger partial charge on any atom is 0.332 e. The smallest absolute Gasteiger partial charge is 0.328 e. The summed E-state index contributed by atoms with van der Waals surface area (Å²) in [4.78, 5) is 41.2. The summed E-state index contributed by atoms with van der Waals surface area (Å²) in [6.07, 6.45) is 1.45. The first-order valence-electron chi connectivity index (χ1n) is 7.21. The highest BCUT2D eigenvalue weighted by molar-refractivity contribution is 5.89. The molecule has 10 nitrogen and oxygen atoms in total. The molecule has 0 unspecified atom stereocenters. The average molecular weight is 331 g/mol. The van der Waals surface area contributed by atoms with Gasteiger partial charge in [0, 0.05) is 27.2 Å². The third-order valence-corrected chi connectivity index (χ3v) is 3.77. The van der Waals surface area contributed by atoms with Crippen molar-refractivity contribution in [3.63, 3.8) is 0 Å². The van der Waals surface area contributed by atoms with Crippen molar-refractivity contribution in [3.05, 3.63) is 38.9 Å². The number of fused-ring (bicyclic) bond motifs is 1. The molecular formula is C14H17N7O3. The predicted octanol–water partition coefficient (Wildman–Crippen LogP) is -0.886. The summed E-state index contributed by atoms with van der Waals surface area (Å²) >= 11 is 0. The fourth-order valence-corrected chi connectivity index (χ4v) is 2.59. The van der Waals surface area contributed by atoms with Crippen molar-refractivity contribution in [1.82, 2.24) is 28.5 Å². The van der Waals surface area contributed by atoms with E-state index in [0.29, 0.717) is 5.82 Å². The van der Waals surface area contributed by atoms with E-state index < -0.39 is 23.7 Å². The van der Waals surface area contributed by atoms with Crippen LogP contribution in [0.15, 0.2) is 22.0 Å². The lowest BCUT2D eigenvalue weighted by molar-refractivity contribution is -0.116. The number of rotatable bonds is 3. The number of nitrogens with one attached hydrogen (secondary N) is 1. The Kier molecular flexibility index (Phi) is 3.59. The van der Waals surface area contributed by atoms with Gasteiger partial charge in [-0.3, -0.25) is 18.8 Å². The lowest BCUT2D eigenvalue weighted by Crippen LogP contribution is -2.42. The molecule has 0 aliphatic carbocycles. The van der Waals surface area contributed by atoms with Crippen molar-refractivity contribution in [2.45, 2.75) is 13.5 Å². The van der Waals surface area contributed by atoms with Crippen LogP contribution < -0.4 is 16.6 Å². The molecule has 10 heteroatoms. The van der Waals surface area contributed by atoms with E-state index in [2.05, 4.69) is 15.4 Å². The van der Waals surface area contributed by atoms with E-state index >= 15 is 0 Å². The molecule has 3 rings (SSSR count). The first-order valence-corrected chi connectivity index (χ1v) is 7.21. The summed E-state index contributed by atoms with van der Waals surface area (Å²) in [5.74, 6) is 0.00250. The Morgan fingerprint density at radius 2 is 1.96 bits per heavy atom. The van der Waals surface area contributed by atoms with E-state index in [-0.39, 0.29) is 11.2 Å². The van der Waals surface area contributed by atoms with Gasteiger partial charge in [-0.25, -0.2) is 14.3 Å². The molecule has 0 atom stereocenters. The fourth-order valence-electron chi connectivity index (χ4n) is 2.59. The van der Waals surface area contributed by atoms with Crippen LogP contribution in [0.25, 0.3) is 11.2 Å². The van der Waals surface area contributed by atoms with Crippen molar-refractivity contribution < 1.29 is 4.79 Å². The van der Waals surface area contributed by atoms with Crippen LogP contribution in [0.5, 0.6) is 0 Å². The molecule has 3 aromatic heterocycles. The Bertz CT molecular complexity index is 1070. The van der Waals surface area contributed by atoms with Crippen LogP contribution in [0.2, 0.25) is 0 Å². The number of aromatic nitrogens is 6. The van der Waals surface area contributed by atoms with Gasteiger partial charge in [0.15, 0.2) is 11.2 Å². The third-order valence-electron chi connectivity index (χ3n) is 3.77. The van der Waals surface area contributed by atoms with E-state index in [1.165, 1.54) is 27.2 Å². The second-order valence-electron chi connectivity index (χ2n) is 5.60. The Hall–Kier alpha value is -3.17. The maximum absolute atomic E-state index is 12.5. The Morgan fingerprint density at radius 3 is 2.58 bits per heavy atom. The van der Waals surface area contributed by atoms with Crippen LogP contribution in [-0.2, 0) is 32.5 Å². The average Bonchev–Trinajstić information content (AvgIpc) is 3.04. The van der Waals surface area contributed by atoms with Crippen LogP contribution in [-0.4, -0.2) is 34.4 Å². The molecule has 0 aliphatic heterocycles. The maximum atomic E-state index is 12.5. The summed E-state index contributed by atoms with van der Waals surface area (Å²) in [6, 6.07) is 1.70. The molecule has 0 radical (unpaired) electrons. The molecule has 3 aromatic rings. The van der Waals surface area contributed by atoms with Crippen LogP contribution in [0, 0.1) is 6.92 Å². The van der Waals surface area contributed by atoms with E-state index in [4.69, 9.17) is 0 Å². The second-order valence-corrected chi connectivity index (χ2v) is 5.60. The molecule has 1 amide bonds. The van der Waals surface area contributed by atoms with Gasteiger partial charge in [-0.15, -0.1) is 0 Å². The van der Waals surface area contributed by atoms with Gasteiger partial charge in [-0.05, 0) is 6.92 Å². The number of anilines is 1. The largest absolute Gasteiger partial charge is 0.332 e. The van der Waals surface area contributed by atoms with Crippen molar-refractivity contribution in [2.24, 2.45) is 21.1 Å². The molecule has 0 fully saturated rings. The zero-order chi connectivity index (χ0) is 17.6. The number of imidazole rings is 1. The molecule has 0 aromatic carbocycles. The minimum atomic E-state index is -0.595. The molecule has 1 N–H and O–H groups in total. The van der Waals surface area contributed by atoms with E-state index in [9.17, 15) is 14.4 Å². The first kappa shape index (κ1) is 15.7. The Labute approximate surface area is 135 Å². The van der Waals surface area contributed by atoms with E-state index in [1.807, 2.05) is 0 Å². The predicted molar refractivity (Wildman–Crippen MR) is 86.8 cm³/mol. The Morgan fingerprint density at radius 1 is 1.25 bits per heavy atom. The summed E-state index contributed by atoms with van der Waals surface area (Å²) in [6.45, 7) is 1.41. The number of hydrogen-bond donors (Lipinski definition) is 1. The lowest BCUT2D eigenvalue weighted by atomic mass is 10.4. The normalized spacial score (nSPS) is 11.2. The SMILES string of the molecule is Cc1cc(NC(=O)Cn2c(=O)c3c(ncn3C)n(C)c2=O)n(C)n1. The van der Waals surface area contributed by atoms with Crippen LogP contribution in [0.4, 0.5) is 5.82 Å². The quantitative estimate of drug-likeness (QED) is 0.670. The topological polar surface area (TPSA) is 109 Å². The van der Waals surface area contributed by atoms with Crippen LogP contribution >= 0.6 is 0 Å². The summed E-state index contributed by atoms with van der Waals surface area (Å²) < 4.78 is 5.18. The van der Waals surface area contributed by atoms with Crippen molar-refractivity contribution in [3.8, 4) is 0 Å². The molecule has 126 valence electrons. The highest BCUT2D eigenvalue weighted by atomic mass is 16.2. The number of hydrogen-bond acceptors (Lipinski definition) is 5. The number of carbonyl (C=O) groups is 1. The highest BCUT2D eigenvalue weighted by Crippen LogP contribution is 2.08. The first-order chi connectivity index (χ1) is 11.3. The second kappa shape index (κ2) is 5.48. The minimum absolute atomic E-state index is 0.265. The van der Waals surface area contributed by atoms with Gasteiger partial charge < -0.3 is 9.88 Å². The Balaban J connectivity index is 1.99. The number of amides is 1. The lowest BCUT2D eigenvalue weighted by Gasteiger charge is -2.09. The molecule has 24 heavy (non-hydrogen) atoms. The fraction of sp³-hybridized carbons (Fsp3) is 0.357. The van der Waals surface area contributed by atoms with Crippen molar-refractivity contribution in [1.29, 1.82) is 0 Å². The standard InChI is InChI=1S/C14H17N7O3/c1-8-5-9(20(4)17-8)16-10(22)6-21-13(23)11-12(15-7-18(11)2)19(3)14(21)24/h5,7H,6H2,1-4H3,(H,16,22). The molecular weight excluding hydrogens is 314 g/mol. The molecule has 0 bridgehead atoms. The highest BCUT2D eigenvalue weighted by Gasteiger charge is 2.17. The van der Waals surface area contributed by atoms with Crippen molar-refractivity contribution in [2.75, 3.05) is 5.32 Å². The molecule has 0 spiro atoms. The molecule has 0 aliphatic rings. The van der Waals surface area contributed by atoms with Gasteiger partial charge in [0.2, 0.25) is 5.91 Å². The summed E-state index contributed by atoms with van der Waals surface area (Å²) in [5.41, 5.74) is 0.150. The molecule has 0 saturated carbocycles.